The van der Waals surface area contributed by atoms with Crippen molar-refractivity contribution in [1.29, 1.82) is 0 Å². The van der Waals surface area contributed by atoms with E-state index in [1.807, 2.05) is 63.2 Å². The number of carbonyl (C=O) groups excluding carboxylic acids is 2. The minimum absolute atomic E-state index is 0.0479. The van der Waals surface area contributed by atoms with E-state index in [0.29, 0.717) is 41.9 Å². The van der Waals surface area contributed by atoms with Crippen LogP contribution >= 0.6 is 0 Å². The first-order chi connectivity index (χ1) is 18.2. The van der Waals surface area contributed by atoms with Gasteiger partial charge in [-0.25, -0.2) is 4.79 Å². The molecule has 1 aliphatic carbocycles. The predicted molar refractivity (Wildman–Crippen MR) is 149 cm³/mol. The quantitative estimate of drug-likeness (QED) is 0.366. The normalized spacial score (nSPS) is 17.4. The summed E-state index contributed by atoms with van der Waals surface area (Å²) >= 11 is 0. The molecule has 0 bridgehead atoms. The van der Waals surface area contributed by atoms with E-state index >= 15 is 0 Å². The van der Waals surface area contributed by atoms with Gasteiger partial charge in [0.25, 0.3) is 0 Å². The first-order valence-electron chi connectivity index (χ1n) is 12.7. The third kappa shape index (κ3) is 7.44. The Morgan fingerprint density at radius 1 is 1.16 bits per heavy atom. The van der Waals surface area contributed by atoms with Gasteiger partial charge in [0.15, 0.2) is 5.78 Å². The number of nitrogens with zero attached hydrogens (tertiary/aromatic N) is 1. The second-order valence-electron chi connectivity index (χ2n) is 9.39. The fourth-order valence-electron chi connectivity index (χ4n) is 4.47. The van der Waals surface area contributed by atoms with Crippen molar-refractivity contribution in [3.8, 4) is 11.5 Å². The molecule has 2 N–H and O–H groups in total. The number of phenolic OH excluding ortho intramolecular Hbond substituents is 1. The average molecular weight is 517 g/mol. The number of hydrogen-bond donors (Lipinski definition) is 2. The number of para-hydroxylation sites is 1. The Labute approximate surface area is 224 Å². The molecule has 0 radical (unpaired) electrons. The van der Waals surface area contributed by atoms with Gasteiger partial charge in [-0.2, -0.15) is 0 Å². The Hall–Kier alpha value is -4.13. The van der Waals surface area contributed by atoms with Gasteiger partial charge in [0.05, 0.1) is 18.4 Å². The van der Waals surface area contributed by atoms with Crippen molar-refractivity contribution >= 4 is 17.5 Å². The number of phenols is 1. The number of methoxy groups -OCH3 is 1. The third-order valence-electron chi connectivity index (χ3n) is 6.41. The van der Waals surface area contributed by atoms with Crippen LogP contribution in [0.3, 0.4) is 0 Å². The van der Waals surface area contributed by atoms with Crippen molar-refractivity contribution in [2.45, 2.75) is 52.9 Å². The lowest BCUT2D eigenvalue weighted by Crippen LogP contribution is -2.32. The molecular formula is C31H36N2O5. The summed E-state index contributed by atoms with van der Waals surface area (Å²) in [5, 5.41) is 12.1. The van der Waals surface area contributed by atoms with Crippen LogP contribution in [0.5, 0.6) is 11.5 Å². The van der Waals surface area contributed by atoms with Crippen LogP contribution in [-0.2, 0) is 14.3 Å². The molecule has 0 spiro atoms. The number of Topliss-reactive ketones (excluding diaryl/α,β-unsaturated/α-hetero) is 1. The number of allylic oxidation sites excluding steroid dienone is 4. The average Bonchev–Trinajstić information content (AvgIpc) is 2.90. The SMILES string of the molecule is C/C=C\N=C(C)COC(=O)C1=C(C)NC2=C(C1)C(=O)C[C@H](c1ccccc1OC)C2.Cc1cccc(O)c1. The number of ketones is 1. The standard InChI is InChI=1S/C24H28N2O4.C7H8O/c1-5-10-25-15(2)14-30-24(28)19-13-20-21(26-16(19)3)11-17(12-22(20)27)18-8-6-7-9-23(18)29-4;1-6-3-2-4-7(8)5-6/h5-10,17,26H,11-14H2,1-4H3;2-5,8H,1H3/b10-5-,25-15?;/t17-;/m1./s1. The van der Waals surface area contributed by atoms with Crippen molar-refractivity contribution in [2.24, 2.45) is 4.99 Å². The van der Waals surface area contributed by atoms with E-state index in [4.69, 9.17) is 14.6 Å². The summed E-state index contributed by atoms with van der Waals surface area (Å²) in [4.78, 5) is 29.7. The lowest BCUT2D eigenvalue weighted by molar-refractivity contribution is -0.137. The van der Waals surface area contributed by atoms with E-state index in [2.05, 4.69) is 10.3 Å². The first-order valence-corrected chi connectivity index (χ1v) is 12.7. The molecule has 200 valence electrons. The summed E-state index contributed by atoms with van der Waals surface area (Å²) in [7, 11) is 1.64. The van der Waals surface area contributed by atoms with Crippen LogP contribution in [0, 0.1) is 6.92 Å². The molecule has 1 aliphatic heterocycles. The van der Waals surface area contributed by atoms with E-state index in [0.717, 1.165) is 28.3 Å². The molecule has 7 nitrogen and oxygen atoms in total. The Balaban J connectivity index is 0.000000427. The number of esters is 1. The van der Waals surface area contributed by atoms with Crippen LogP contribution < -0.4 is 10.1 Å². The van der Waals surface area contributed by atoms with Crippen molar-refractivity contribution < 1.29 is 24.2 Å². The summed E-state index contributed by atoms with van der Waals surface area (Å²) in [6.07, 6.45) is 4.87. The van der Waals surface area contributed by atoms with Gasteiger partial charge in [0.1, 0.15) is 18.1 Å². The van der Waals surface area contributed by atoms with Gasteiger partial charge in [0.2, 0.25) is 0 Å². The monoisotopic (exact) mass is 516 g/mol. The molecule has 0 unspecified atom stereocenters. The molecule has 1 atom stereocenters. The van der Waals surface area contributed by atoms with E-state index < -0.39 is 5.97 Å². The van der Waals surface area contributed by atoms with E-state index in [1.165, 1.54) is 0 Å². The van der Waals surface area contributed by atoms with Crippen LogP contribution in [0.4, 0.5) is 0 Å². The lowest BCUT2D eigenvalue weighted by atomic mass is 9.78. The summed E-state index contributed by atoms with van der Waals surface area (Å²) < 4.78 is 10.9. The van der Waals surface area contributed by atoms with Crippen molar-refractivity contribution in [3.05, 3.63) is 94.5 Å². The zero-order chi connectivity index (χ0) is 27.7. The Bertz CT molecular complexity index is 1290. The summed E-state index contributed by atoms with van der Waals surface area (Å²) in [5.74, 6) is 0.822. The highest BCUT2D eigenvalue weighted by Gasteiger charge is 2.34. The molecule has 0 aromatic heterocycles. The molecule has 38 heavy (non-hydrogen) atoms. The number of nitrogens with one attached hydrogen (secondary N) is 1. The molecule has 7 heteroatoms. The number of hydrogen-bond acceptors (Lipinski definition) is 7. The van der Waals surface area contributed by atoms with E-state index in [-0.39, 0.29) is 18.3 Å². The van der Waals surface area contributed by atoms with Gasteiger partial charge >= 0.3 is 5.97 Å². The summed E-state index contributed by atoms with van der Waals surface area (Å²) in [6.45, 7) is 7.58. The maximum Gasteiger partial charge on any atom is 0.336 e. The molecule has 0 fully saturated rings. The molecule has 2 aromatic carbocycles. The van der Waals surface area contributed by atoms with Gasteiger partial charge in [-0.05, 0) is 63.4 Å². The number of rotatable bonds is 6. The highest BCUT2D eigenvalue weighted by Crippen LogP contribution is 2.41. The largest absolute Gasteiger partial charge is 0.508 e. The molecule has 0 saturated heterocycles. The highest BCUT2D eigenvalue weighted by atomic mass is 16.5. The molecule has 4 rings (SSSR count). The predicted octanol–water partition coefficient (Wildman–Crippen LogP) is 5.90. The van der Waals surface area contributed by atoms with Gasteiger partial charge in [-0.15, -0.1) is 0 Å². The third-order valence-corrected chi connectivity index (χ3v) is 6.41. The number of aromatic hydroxyl groups is 1. The number of ether oxygens (including phenoxy) is 2. The Morgan fingerprint density at radius 3 is 2.58 bits per heavy atom. The van der Waals surface area contributed by atoms with Crippen LogP contribution in [-0.4, -0.2) is 36.3 Å². The van der Waals surface area contributed by atoms with Gasteiger partial charge in [0, 0.05) is 41.9 Å². The molecule has 0 amide bonds. The van der Waals surface area contributed by atoms with Crippen LogP contribution in [0.2, 0.25) is 0 Å². The zero-order valence-electron chi connectivity index (χ0n) is 22.7. The van der Waals surface area contributed by atoms with Crippen molar-refractivity contribution in [1.82, 2.24) is 5.32 Å². The number of dihydropyridines is 1. The molecule has 0 saturated carbocycles. The van der Waals surface area contributed by atoms with Crippen molar-refractivity contribution in [2.75, 3.05) is 13.7 Å². The van der Waals surface area contributed by atoms with Gasteiger partial charge < -0.3 is 19.9 Å². The Morgan fingerprint density at radius 2 is 1.92 bits per heavy atom. The molecule has 1 heterocycles. The fraction of sp³-hybridized carbons (Fsp3) is 0.323. The minimum Gasteiger partial charge on any atom is -0.508 e. The van der Waals surface area contributed by atoms with E-state index in [9.17, 15) is 9.59 Å². The topological polar surface area (TPSA) is 97.2 Å². The summed E-state index contributed by atoms with van der Waals surface area (Å²) in [6, 6.07) is 15.0. The minimum atomic E-state index is -0.416. The smallest absolute Gasteiger partial charge is 0.336 e. The molecule has 2 aliphatic rings. The number of aliphatic imine (C=N–C) groups is 1. The van der Waals surface area contributed by atoms with Crippen LogP contribution in [0.15, 0.2) is 88.3 Å². The second kappa shape index (κ2) is 13.4. The van der Waals surface area contributed by atoms with Crippen LogP contribution in [0.25, 0.3) is 0 Å². The maximum atomic E-state index is 12.9. The summed E-state index contributed by atoms with van der Waals surface area (Å²) in [5.41, 5.74) is 5.62. The van der Waals surface area contributed by atoms with Crippen LogP contribution in [0.1, 0.15) is 57.1 Å². The van der Waals surface area contributed by atoms with Crippen molar-refractivity contribution in [3.63, 3.8) is 0 Å². The van der Waals surface area contributed by atoms with Gasteiger partial charge in [-0.3, -0.25) is 9.79 Å². The van der Waals surface area contributed by atoms with E-state index in [1.54, 1.807) is 32.4 Å². The lowest BCUT2D eigenvalue weighted by Gasteiger charge is -2.32. The number of aryl methyl sites for hydroxylation is 1. The first kappa shape index (κ1) is 28.4. The number of benzene rings is 2. The highest BCUT2D eigenvalue weighted by molar-refractivity contribution is 6.02. The van der Waals surface area contributed by atoms with Gasteiger partial charge in [-0.1, -0.05) is 36.4 Å². The molecule has 2 aromatic rings. The second-order valence-corrected chi connectivity index (χ2v) is 9.39. The Kier molecular flexibility index (Phi) is 10.0. The molecular weight excluding hydrogens is 480 g/mol. The maximum absolute atomic E-state index is 12.9. The zero-order valence-corrected chi connectivity index (χ0v) is 22.7. The number of carbonyl (C=O) groups is 2. The fourth-order valence-corrected chi connectivity index (χ4v) is 4.47.